The van der Waals surface area contributed by atoms with E-state index in [1.54, 1.807) is 6.07 Å². The first-order valence-corrected chi connectivity index (χ1v) is 8.57. The molecule has 2 rings (SSSR count). The van der Waals surface area contributed by atoms with Crippen molar-refractivity contribution in [2.75, 3.05) is 0 Å². The molecule has 19 heavy (non-hydrogen) atoms. The maximum absolute atomic E-state index is 6.28. The second-order valence-electron chi connectivity index (χ2n) is 5.67. The lowest BCUT2D eigenvalue weighted by Crippen LogP contribution is -2.28. The van der Waals surface area contributed by atoms with Gasteiger partial charge in [0.05, 0.1) is 11.1 Å². The largest absolute Gasteiger partial charge is 0.489 e. The van der Waals surface area contributed by atoms with E-state index in [0.717, 1.165) is 24.2 Å². The van der Waals surface area contributed by atoms with Crippen molar-refractivity contribution in [1.82, 2.24) is 0 Å². The number of ether oxygens (including phenoxy) is 1. The fourth-order valence-electron chi connectivity index (χ4n) is 2.98. The van der Waals surface area contributed by atoms with E-state index < -0.39 is 0 Å². The topological polar surface area (TPSA) is 9.23 Å². The van der Waals surface area contributed by atoms with Crippen LogP contribution in [0.5, 0.6) is 5.75 Å². The molecule has 0 heterocycles. The summed E-state index contributed by atoms with van der Waals surface area (Å²) in [4.78, 5) is 0. The van der Waals surface area contributed by atoms with E-state index in [9.17, 15) is 0 Å². The summed E-state index contributed by atoms with van der Waals surface area (Å²) < 4.78 is 6.18. The molecule has 0 aliphatic heterocycles. The average molecular weight is 366 g/mol. The van der Waals surface area contributed by atoms with Crippen molar-refractivity contribution in [3.8, 4) is 5.75 Å². The molecule has 1 aromatic rings. The molecule has 106 valence electrons. The molecule has 2 atom stereocenters. The Bertz CT molecular complexity index is 440. The predicted molar refractivity (Wildman–Crippen MR) is 85.7 cm³/mol. The third-order valence-electron chi connectivity index (χ3n) is 3.65. The highest BCUT2D eigenvalue weighted by Crippen LogP contribution is 2.38. The van der Waals surface area contributed by atoms with Gasteiger partial charge in [0.15, 0.2) is 0 Å². The Balaban J connectivity index is 2.18. The van der Waals surface area contributed by atoms with Gasteiger partial charge in [-0.2, -0.15) is 0 Å². The minimum absolute atomic E-state index is 0.259. The van der Waals surface area contributed by atoms with Gasteiger partial charge in [0.2, 0.25) is 0 Å². The molecular weight excluding hydrogens is 347 g/mol. The summed E-state index contributed by atoms with van der Waals surface area (Å²) in [7, 11) is 0. The van der Waals surface area contributed by atoms with Crippen LogP contribution in [0.4, 0.5) is 0 Å². The zero-order chi connectivity index (χ0) is 14.0. The molecule has 0 saturated heterocycles. The molecule has 1 aromatic carbocycles. The van der Waals surface area contributed by atoms with Gasteiger partial charge in [-0.15, -0.1) is 0 Å². The van der Waals surface area contributed by atoms with Crippen LogP contribution >= 0.6 is 39.1 Å². The molecular formula is C15H19BrCl2O. The highest BCUT2D eigenvalue weighted by Gasteiger charge is 2.26. The van der Waals surface area contributed by atoms with Crippen molar-refractivity contribution in [1.29, 1.82) is 0 Å². The van der Waals surface area contributed by atoms with Crippen LogP contribution in [0, 0.1) is 11.8 Å². The maximum atomic E-state index is 6.28. The minimum Gasteiger partial charge on any atom is -0.489 e. The summed E-state index contributed by atoms with van der Waals surface area (Å²) in [6, 6.07) is 3.66. The predicted octanol–water partition coefficient (Wildman–Crippen LogP) is 6.09. The summed E-state index contributed by atoms with van der Waals surface area (Å²) in [6.07, 6.45) is 3.76. The second kappa shape index (κ2) is 6.69. The molecule has 0 bridgehead atoms. The van der Waals surface area contributed by atoms with E-state index in [-0.39, 0.29) is 6.10 Å². The first kappa shape index (κ1) is 15.5. The average Bonchev–Trinajstić information content (AvgIpc) is 2.31. The Labute approximate surface area is 133 Å². The number of hydrogen-bond acceptors (Lipinski definition) is 1. The van der Waals surface area contributed by atoms with Crippen molar-refractivity contribution in [3.05, 3.63) is 27.7 Å². The Morgan fingerprint density at radius 2 is 1.79 bits per heavy atom. The SMILES string of the molecule is CC1CC(C)CC(Oc2c(Cl)cc(Cl)cc2CBr)C1. The molecule has 1 aliphatic rings. The van der Waals surface area contributed by atoms with Crippen LogP contribution in [0.25, 0.3) is 0 Å². The Morgan fingerprint density at radius 1 is 1.16 bits per heavy atom. The van der Waals surface area contributed by atoms with E-state index in [0.29, 0.717) is 27.2 Å². The van der Waals surface area contributed by atoms with Gasteiger partial charge >= 0.3 is 0 Å². The van der Waals surface area contributed by atoms with Crippen molar-refractivity contribution in [3.63, 3.8) is 0 Å². The number of benzene rings is 1. The number of halogens is 3. The molecule has 1 aliphatic carbocycles. The number of hydrogen-bond donors (Lipinski definition) is 0. The molecule has 1 fully saturated rings. The van der Waals surface area contributed by atoms with Gasteiger partial charge in [0.1, 0.15) is 5.75 Å². The Hall–Kier alpha value is 0.0800. The van der Waals surface area contributed by atoms with Crippen LogP contribution in [-0.2, 0) is 5.33 Å². The third kappa shape index (κ3) is 4.03. The Morgan fingerprint density at radius 3 is 2.37 bits per heavy atom. The van der Waals surface area contributed by atoms with Gasteiger partial charge in [-0.25, -0.2) is 0 Å². The summed E-state index contributed by atoms with van der Waals surface area (Å²) in [5.41, 5.74) is 1.02. The summed E-state index contributed by atoms with van der Waals surface area (Å²) in [5.74, 6) is 2.22. The van der Waals surface area contributed by atoms with Gasteiger partial charge in [0.25, 0.3) is 0 Å². The van der Waals surface area contributed by atoms with Gasteiger partial charge in [-0.05, 0) is 43.2 Å². The second-order valence-corrected chi connectivity index (χ2v) is 7.07. The van der Waals surface area contributed by atoms with Crippen molar-refractivity contribution in [2.24, 2.45) is 11.8 Å². The highest BCUT2D eigenvalue weighted by atomic mass is 79.9. The van der Waals surface area contributed by atoms with E-state index in [1.807, 2.05) is 6.07 Å². The van der Waals surface area contributed by atoms with E-state index in [4.69, 9.17) is 27.9 Å². The lowest BCUT2D eigenvalue weighted by molar-refractivity contribution is 0.100. The van der Waals surface area contributed by atoms with Crippen LogP contribution in [0.15, 0.2) is 12.1 Å². The van der Waals surface area contributed by atoms with Crippen LogP contribution in [0.1, 0.15) is 38.7 Å². The van der Waals surface area contributed by atoms with Crippen LogP contribution < -0.4 is 4.74 Å². The van der Waals surface area contributed by atoms with E-state index in [2.05, 4.69) is 29.8 Å². The zero-order valence-corrected chi connectivity index (χ0v) is 14.4. The number of rotatable bonds is 3. The van der Waals surface area contributed by atoms with Gasteiger partial charge in [-0.1, -0.05) is 53.0 Å². The fraction of sp³-hybridized carbons (Fsp3) is 0.600. The van der Waals surface area contributed by atoms with Gasteiger partial charge in [-0.3, -0.25) is 0 Å². The highest BCUT2D eigenvalue weighted by molar-refractivity contribution is 9.08. The zero-order valence-electron chi connectivity index (χ0n) is 11.3. The van der Waals surface area contributed by atoms with Crippen LogP contribution in [0.3, 0.4) is 0 Å². The molecule has 0 radical (unpaired) electrons. The molecule has 1 saturated carbocycles. The summed E-state index contributed by atoms with van der Waals surface area (Å²) in [5, 5.41) is 1.95. The standard InChI is InChI=1S/C15H19BrCl2O/c1-9-3-10(2)5-13(4-9)19-15-11(8-16)6-12(17)7-14(15)18/h6-7,9-10,13H,3-5,8H2,1-2H3. The van der Waals surface area contributed by atoms with Crippen molar-refractivity contribution < 1.29 is 4.74 Å². The fourth-order valence-corrected chi connectivity index (χ4v) is 3.98. The first-order chi connectivity index (χ1) is 8.99. The van der Waals surface area contributed by atoms with Crippen molar-refractivity contribution >= 4 is 39.1 Å². The van der Waals surface area contributed by atoms with Gasteiger partial charge in [0, 0.05) is 15.9 Å². The van der Waals surface area contributed by atoms with Crippen molar-refractivity contribution in [2.45, 2.75) is 44.5 Å². The molecule has 0 spiro atoms. The molecule has 1 nitrogen and oxygen atoms in total. The molecule has 4 heteroatoms. The van der Waals surface area contributed by atoms with Crippen LogP contribution in [0.2, 0.25) is 10.0 Å². The third-order valence-corrected chi connectivity index (χ3v) is 4.75. The normalized spacial score (nSPS) is 27.3. The molecule has 0 N–H and O–H groups in total. The molecule has 0 amide bonds. The van der Waals surface area contributed by atoms with E-state index in [1.165, 1.54) is 6.42 Å². The van der Waals surface area contributed by atoms with E-state index >= 15 is 0 Å². The minimum atomic E-state index is 0.259. The number of alkyl halides is 1. The monoisotopic (exact) mass is 364 g/mol. The van der Waals surface area contributed by atoms with Crippen LogP contribution in [-0.4, -0.2) is 6.10 Å². The smallest absolute Gasteiger partial charge is 0.142 e. The first-order valence-electron chi connectivity index (χ1n) is 6.70. The molecule has 0 aromatic heterocycles. The van der Waals surface area contributed by atoms with Gasteiger partial charge < -0.3 is 4.74 Å². The quantitative estimate of drug-likeness (QED) is 0.588. The Kier molecular flexibility index (Phi) is 5.45. The lowest BCUT2D eigenvalue weighted by Gasteiger charge is -2.32. The summed E-state index contributed by atoms with van der Waals surface area (Å²) in [6.45, 7) is 4.59. The summed E-state index contributed by atoms with van der Waals surface area (Å²) >= 11 is 15.8. The molecule has 2 unspecified atom stereocenters. The lowest BCUT2D eigenvalue weighted by atomic mass is 9.82. The maximum Gasteiger partial charge on any atom is 0.142 e.